The summed E-state index contributed by atoms with van der Waals surface area (Å²) in [6.45, 7) is 2.80. The van der Waals surface area contributed by atoms with Gasteiger partial charge in [-0.3, -0.25) is 4.79 Å². The molecule has 0 radical (unpaired) electrons. The molecule has 0 heterocycles. The Morgan fingerprint density at radius 3 is 2.34 bits per heavy atom. The highest BCUT2D eigenvalue weighted by Crippen LogP contribution is 2.22. The predicted molar refractivity (Wildman–Crippen MR) is 123 cm³/mol. The van der Waals surface area contributed by atoms with Crippen LogP contribution in [-0.4, -0.2) is 18.4 Å². The number of ketones is 1. The topological polar surface area (TPSA) is 29.1 Å². The molecular weight excluding hydrogens is 378 g/mol. The van der Waals surface area contributed by atoms with Crippen LogP contribution in [0.15, 0.2) is 84.9 Å². The maximum absolute atomic E-state index is 13.0. The molecule has 1 unspecified atom stereocenters. The maximum atomic E-state index is 13.0. The summed E-state index contributed by atoms with van der Waals surface area (Å²) in [6, 6.07) is 28.1. The molecule has 2 nitrogen and oxygen atoms in total. The second-order valence-corrected chi connectivity index (χ2v) is 7.63. The van der Waals surface area contributed by atoms with Crippen molar-refractivity contribution in [2.75, 3.05) is 6.54 Å². The molecule has 3 rings (SSSR count). The van der Waals surface area contributed by atoms with Gasteiger partial charge in [-0.05, 0) is 48.2 Å². The number of hydrogen-bond donors (Lipinski definition) is 1. The van der Waals surface area contributed by atoms with Gasteiger partial charge in [-0.2, -0.15) is 0 Å². The van der Waals surface area contributed by atoms with E-state index in [4.69, 9.17) is 11.6 Å². The SMILES string of the molecule is CC(Cc1ccccc1)NCCC(=O)/C(=C/c1cccc(Cl)c1)c1ccccc1. The minimum Gasteiger partial charge on any atom is -0.313 e. The third-order valence-corrected chi connectivity index (χ3v) is 5.01. The maximum Gasteiger partial charge on any atom is 0.164 e. The molecule has 0 saturated carbocycles. The highest BCUT2D eigenvalue weighted by atomic mass is 35.5. The minimum atomic E-state index is 0.121. The number of halogens is 1. The zero-order valence-electron chi connectivity index (χ0n) is 16.6. The number of hydrogen-bond acceptors (Lipinski definition) is 2. The molecule has 0 spiro atoms. The average Bonchev–Trinajstić information content (AvgIpc) is 2.73. The molecule has 3 heteroatoms. The third kappa shape index (κ3) is 6.70. The Kier molecular flexibility index (Phi) is 7.80. The van der Waals surface area contributed by atoms with Gasteiger partial charge >= 0.3 is 0 Å². The zero-order chi connectivity index (χ0) is 20.5. The summed E-state index contributed by atoms with van der Waals surface area (Å²) >= 11 is 6.11. The van der Waals surface area contributed by atoms with Crippen molar-refractivity contribution in [3.8, 4) is 0 Å². The molecule has 0 amide bonds. The molecule has 0 saturated heterocycles. The van der Waals surface area contributed by atoms with E-state index in [0.29, 0.717) is 29.6 Å². The van der Waals surface area contributed by atoms with Crippen LogP contribution in [0.25, 0.3) is 11.6 Å². The molecule has 0 bridgehead atoms. The molecule has 3 aromatic rings. The van der Waals surface area contributed by atoms with Crippen LogP contribution in [0.4, 0.5) is 0 Å². The first-order chi connectivity index (χ1) is 14.1. The van der Waals surface area contributed by atoms with E-state index in [0.717, 1.165) is 17.5 Å². The van der Waals surface area contributed by atoms with Crippen LogP contribution in [0.2, 0.25) is 5.02 Å². The van der Waals surface area contributed by atoms with Gasteiger partial charge in [0.2, 0.25) is 0 Å². The van der Waals surface area contributed by atoms with Crippen LogP contribution in [0, 0.1) is 0 Å². The number of benzene rings is 3. The molecule has 0 aromatic heterocycles. The van der Waals surface area contributed by atoms with Crippen molar-refractivity contribution in [1.82, 2.24) is 5.32 Å². The first-order valence-electron chi connectivity index (χ1n) is 9.95. The fourth-order valence-electron chi connectivity index (χ4n) is 3.31. The second-order valence-electron chi connectivity index (χ2n) is 7.20. The van der Waals surface area contributed by atoms with Crippen molar-refractivity contribution < 1.29 is 4.79 Å². The van der Waals surface area contributed by atoms with Crippen molar-refractivity contribution in [3.05, 3.63) is 107 Å². The summed E-state index contributed by atoms with van der Waals surface area (Å²) in [5.74, 6) is 0.121. The lowest BCUT2D eigenvalue weighted by Gasteiger charge is -2.14. The molecule has 1 atom stereocenters. The summed E-state index contributed by atoms with van der Waals surface area (Å²) in [6.07, 6.45) is 3.32. The van der Waals surface area contributed by atoms with Gasteiger partial charge in [-0.1, -0.05) is 84.4 Å². The molecule has 1 N–H and O–H groups in total. The smallest absolute Gasteiger partial charge is 0.164 e. The lowest BCUT2D eigenvalue weighted by Crippen LogP contribution is -2.30. The van der Waals surface area contributed by atoms with Crippen molar-refractivity contribution in [3.63, 3.8) is 0 Å². The Balaban J connectivity index is 1.66. The second kappa shape index (κ2) is 10.8. The molecule has 29 heavy (non-hydrogen) atoms. The van der Waals surface area contributed by atoms with E-state index < -0.39 is 0 Å². The standard InChI is InChI=1S/C26H26ClNO/c1-20(17-21-9-4-2-5-10-21)28-16-15-26(29)25(23-12-6-3-7-13-23)19-22-11-8-14-24(27)18-22/h2-14,18-20,28H,15-17H2,1H3/b25-19+. The number of carbonyl (C=O) groups excluding carboxylic acids is 1. The number of nitrogens with one attached hydrogen (secondary N) is 1. The predicted octanol–water partition coefficient (Wildman–Crippen LogP) is 6.06. The van der Waals surface area contributed by atoms with Crippen LogP contribution in [0.1, 0.15) is 30.0 Å². The minimum absolute atomic E-state index is 0.121. The van der Waals surface area contributed by atoms with Crippen LogP contribution in [0.3, 0.4) is 0 Å². The van der Waals surface area contributed by atoms with E-state index in [1.807, 2.05) is 66.7 Å². The molecule has 0 fully saturated rings. The van der Waals surface area contributed by atoms with Crippen LogP contribution < -0.4 is 5.32 Å². The third-order valence-electron chi connectivity index (χ3n) is 4.77. The Labute approximate surface area is 178 Å². The Morgan fingerprint density at radius 2 is 1.66 bits per heavy atom. The molecule has 148 valence electrons. The van der Waals surface area contributed by atoms with Crippen molar-refractivity contribution >= 4 is 29.0 Å². The van der Waals surface area contributed by atoms with E-state index in [9.17, 15) is 4.79 Å². The highest BCUT2D eigenvalue weighted by Gasteiger charge is 2.13. The van der Waals surface area contributed by atoms with Gasteiger partial charge < -0.3 is 5.32 Å². The van der Waals surface area contributed by atoms with Gasteiger partial charge in [-0.15, -0.1) is 0 Å². The number of allylic oxidation sites excluding steroid dienone is 1. The first kappa shape index (κ1) is 21.0. The average molecular weight is 404 g/mol. The van der Waals surface area contributed by atoms with E-state index in [2.05, 4.69) is 36.5 Å². The van der Waals surface area contributed by atoms with Crippen LogP contribution >= 0.6 is 11.6 Å². The Hall–Kier alpha value is -2.68. The van der Waals surface area contributed by atoms with E-state index in [1.165, 1.54) is 5.56 Å². The van der Waals surface area contributed by atoms with Crippen molar-refractivity contribution in [1.29, 1.82) is 0 Å². The lowest BCUT2D eigenvalue weighted by molar-refractivity contribution is -0.113. The van der Waals surface area contributed by atoms with Crippen molar-refractivity contribution in [2.24, 2.45) is 0 Å². The van der Waals surface area contributed by atoms with Gasteiger partial charge in [0.05, 0.1) is 0 Å². The molecule has 3 aromatic carbocycles. The lowest BCUT2D eigenvalue weighted by atomic mass is 9.97. The van der Waals surface area contributed by atoms with Crippen molar-refractivity contribution in [2.45, 2.75) is 25.8 Å². The normalized spacial score (nSPS) is 12.6. The van der Waals surface area contributed by atoms with Crippen LogP contribution in [-0.2, 0) is 11.2 Å². The zero-order valence-corrected chi connectivity index (χ0v) is 17.4. The number of Topliss-reactive ketones (excluding diaryl/α,β-unsaturated/α-hetero) is 1. The number of carbonyl (C=O) groups is 1. The molecule has 0 aliphatic carbocycles. The van der Waals surface area contributed by atoms with E-state index >= 15 is 0 Å². The van der Waals surface area contributed by atoms with Gasteiger partial charge in [0.1, 0.15) is 0 Å². The van der Waals surface area contributed by atoms with E-state index in [1.54, 1.807) is 0 Å². The number of rotatable bonds is 9. The summed E-state index contributed by atoms with van der Waals surface area (Å²) in [4.78, 5) is 13.0. The van der Waals surface area contributed by atoms with Gasteiger partial charge in [0, 0.05) is 29.6 Å². The first-order valence-corrected chi connectivity index (χ1v) is 10.3. The molecule has 0 aliphatic heterocycles. The van der Waals surface area contributed by atoms with E-state index in [-0.39, 0.29) is 5.78 Å². The largest absolute Gasteiger partial charge is 0.313 e. The molecule has 0 aliphatic rings. The fraction of sp³-hybridized carbons (Fsp3) is 0.192. The van der Waals surface area contributed by atoms with Crippen LogP contribution in [0.5, 0.6) is 0 Å². The van der Waals surface area contributed by atoms with Gasteiger partial charge in [0.25, 0.3) is 0 Å². The monoisotopic (exact) mass is 403 g/mol. The Morgan fingerprint density at radius 1 is 0.966 bits per heavy atom. The quantitative estimate of drug-likeness (QED) is 0.347. The summed E-state index contributed by atoms with van der Waals surface area (Å²) in [7, 11) is 0. The van der Waals surface area contributed by atoms with Gasteiger partial charge in [0.15, 0.2) is 5.78 Å². The highest BCUT2D eigenvalue weighted by molar-refractivity contribution is 6.31. The molecular formula is C26H26ClNO. The summed E-state index contributed by atoms with van der Waals surface area (Å²) < 4.78 is 0. The summed E-state index contributed by atoms with van der Waals surface area (Å²) in [5.41, 5.74) is 3.86. The summed E-state index contributed by atoms with van der Waals surface area (Å²) in [5, 5.41) is 4.13. The fourth-order valence-corrected chi connectivity index (χ4v) is 3.51. The Bertz CT molecular complexity index is 951. The van der Waals surface area contributed by atoms with Gasteiger partial charge in [-0.25, -0.2) is 0 Å².